The molecule has 2 aromatic carbocycles. The van der Waals surface area contributed by atoms with Crippen molar-refractivity contribution in [3.05, 3.63) is 59.1 Å². The van der Waals surface area contributed by atoms with E-state index in [1.807, 2.05) is 0 Å². The van der Waals surface area contributed by atoms with Gasteiger partial charge < -0.3 is 14.8 Å². The van der Waals surface area contributed by atoms with Gasteiger partial charge in [0.25, 0.3) is 5.91 Å². The zero-order chi connectivity index (χ0) is 19.9. The minimum atomic E-state index is -4.58. The molecule has 11 heteroatoms. The van der Waals surface area contributed by atoms with E-state index in [0.29, 0.717) is 5.75 Å². The van der Waals surface area contributed by atoms with Crippen LogP contribution in [0.15, 0.2) is 43.0 Å². The maximum atomic E-state index is 13.1. The van der Waals surface area contributed by atoms with Crippen LogP contribution in [0.4, 0.5) is 18.9 Å². The monoisotopic (exact) mass is 410 g/mol. The molecule has 2 heterocycles. The lowest BCUT2D eigenvalue weighted by Gasteiger charge is -2.14. The van der Waals surface area contributed by atoms with Gasteiger partial charge in [0.15, 0.2) is 11.5 Å². The van der Waals surface area contributed by atoms with Gasteiger partial charge in [-0.2, -0.15) is 18.3 Å². The molecule has 7 nitrogen and oxygen atoms in total. The van der Waals surface area contributed by atoms with Gasteiger partial charge in [0.2, 0.25) is 6.79 Å². The van der Waals surface area contributed by atoms with E-state index in [4.69, 9.17) is 21.1 Å². The first-order valence-electron chi connectivity index (χ1n) is 7.79. The van der Waals surface area contributed by atoms with E-state index in [2.05, 4.69) is 15.4 Å². The second kappa shape index (κ2) is 6.71. The average molecular weight is 411 g/mol. The normalized spacial score (nSPS) is 12.9. The van der Waals surface area contributed by atoms with Crippen LogP contribution in [0.3, 0.4) is 0 Å². The predicted octanol–water partition coefficient (Wildman–Crippen LogP) is 3.92. The van der Waals surface area contributed by atoms with Crippen molar-refractivity contribution in [3.8, 4) is 17.2 Å². The molecule has 0 unspecified atom stereocenters. The fourth-order valence-corrected chi connectivity index (χ4v) is 2.90. The first-order chi connectivity index (χ1) is 13.3. The number of hydrogen-bond donors (Lipinski definition) is 1. The number of anilines is 1. The first kappa shape index (κ1) is 18.1. The molecule has 0 radical (unpaired) electrons. The van der Waals surface area contributed by atoms with E-state index in [9.17, 15) is 18.0 Å². The number of amides is 1. The molecule has 0 spiro atoms. The Morgan fingerprint density at radius 2 is 2.04 bits per heavy atom. The number of aromatic nitrogens is 3. The first-order valence-corrected chi connectivity index (χ1v) is 8.17. The number of nitrogens with one attached hydrogen (secondary N) is 1. The number of nitrogens with zero attached hydrogens (tertiary/aromatic N) is 3. The maximum absolute atomic E-state index is 13.1. The van der Waals surface area contributed by atoms with E-state index >= 15 is 0 Å². The molecule has 0 fully saturated rings. The molecule has 0 atom stereocenters. The molecule has 1 aromatic heterocycles. The summed E-state index contributed by atoms with van der Waals surface area (Å²) in [6.45, 7) is -0.0375. The molecule has 1 aliphatic heterocycles. The average Bonchev–Trinajstić information content (AvgIpc) is 3.32. The number of rotatable bonds is 3. The Labute approximate surface area is 160 Å². The number of fused-ring (bicyclic) bond motifs is 1. The Kier molecular flexibility index (Phi) is 4.34. The molecule has 0 saturated heterocycles. The van der Waals surface area contributed by atoms with Gasteiger partial charge >= 0.3 is 6.18 Å². The maximum Gasteiger partial charge on any atom is 0.416 e. The molecule has 1 aliphatic rings. The van der Waals surface area contributed by atoms with Gasteiger partial charge in [-0.15, -0.1) is 0 Å². The molecular weight excluding hydrogens is 401 g/mol. The van der Waals surface area contributed by atoms with Crippen molar-refractivity contribution < 1.29 is 27.4 Å². The number of ether oxygens (including phenoxy) is 2. The van der Waals surface area contributed by atoms with Gasteiger partial charge in [-0.25, -0.2) is 9.67 Å². The molecule has 1 N–H and O–H groups in total. The summed E-state index contributed by atoms with van der Waals surface area (Å²) in [5.74, 6) is -0.0975. The van der Waals surface area contributed by atoms with E-state index in [-0.39, 0.29) is 34.5 Å². The summed E-state index contributed by atoms with van der Waals surface area (Å²) in [6.07, 6.45) is -2.06. The molecule has 0 bridgehead atoms. The van der Waals surface area contributed by atoms with Gasteiger partial charge in [-0.3, -0.25) is 4.79 Å². The second-order valence-electron chi connectivity index (χ2n) is 5.72. The highest BCUT2D eigenvalue weighted by Crippen LogP contribution is 2.40. The van der Waals surface area contributed by atoms with E-state index < -0.39 is 17.6 Å². The van der Waals surface area contributed by atoms with Gasteiger partial charge in [0.1, 0.15) is 12.7 Å². The summed E-state index contributed by atoms with van der Waals surface area (Å²) in [5.41, 5.74) is -0.712. The Morgan fingerprint density at radius 3 is 2.75 bits per heavy atom. The summed E-state index contributed by atoms with van der Waals surface area (Å²) in [5, 5.41) is 6.51. The third-order valence-electron chi connectivity index (χ3n) is 3.93. The van der Waals surface area contributed by atoms with Crippen LogP contribution >= 0.6 is 11.6 Å². The Hall–Kier alpha value is -3.27. The molecule has 0 aliphatic carbocycles. The minimum Gasteiger partial charge on any atom is -0.454 e. The lowest BCUT2D eigenvalue weighted by atomic mass is 10.1. The van der Waals surface area contributed by atoms with Crippen LogP contribution < -0.4 is 14.8 Å². The lowest BCUT2D eigenvalue weighted by Crippen LogP contribution is -2.15. The highest BCUT2D eigenvalue weighted by atomic mass is 35.5. The second-order valence-corrected chi connectivity index (χ2v) is 6.12. The molecule has 28 heavy (non-hydrogen) atoms. The SMILES string of the molecule is O=C(Nc1cc(C(F)(F)F)ccc1-n1cncn1)c1cc(Cl)c2c(c1)OCO2. The van der Waals surface area contributed by atoms with Crippen LogP contribution in [0.1, 0.15) is 15.9 Å². The van der Waals surface area contributed by atoms with Crippen LogP contribution in [0.25, 0.3) is 5.69 Å². The van der Waals surface area contributed by atoms with Crippen molar-refractivity contribution in [2.45, 2.75) is 6.18 Å². The van der Waals surface area contributed by atoms with Crippen molar-refractivity contribution in [2.24, 2.45) is 0 Å². The summed E-state index contributed by atoms with van der Waals surface area (Å²) < 4.78 is 51.0. The molecule has 3 aromatic rings. The minimum absolute atomic E-state index is 0.0375. The van der Waals surface area contributed by atoms with E-state index in [0.717, 1.165) is 12.1 Å². The Balaban J connectivity index is 1.72. The van der Waals surface area contributed by atoms with Crippen molar-refractivity contribution in [1.82, 2.24) is 14.8 Å². The standard InChI is InChI=1S/C17H10ClF3N4O3/c18-11-3-9(4-14-15(11)28-8-27-14)16(26)24-12-5-10(17(19,20)21)1-2-13(12)25-7-22-6-23-25/h1-7H,8H2,(H,24,26). The zero-order valence-corrected chi connectivity index (χ0v) is 14.6. The number of halogens is 4. The third-order valence-corrected chi connectivity index (χ3v) is 4.21. The van der Waals surface area contributed by atoms with Crippen LogP contribution in [0, 0.1) is 0 Å². The number of carbonyl (C=O) groups is 1. The smallest absolute Gasteiger partial charge is 0.416 e. The topological polar surface area (TPSA) is 78.3 Å². The highest BCUT2D eigenvalue weighted by Gasteiger charge is 2.31. The quantitative estimate of drug-likeness (QED) is 0.708. The summed E-state index contributed by atoms with van der Waals surface area (Å²) >= 11 is 6.06. The highest BCUT2D eigenvalue weighted by molar-refractivity contribution is 6.32. The van der Waals surface area contributed by atoms with Crippen LogP contribution in [0.2, 0.25) is 5.02 Å². The van der Waals surface area contributed by atoms with Gasteiger partial charge in [-0.05, 0) is 30.3 Å². The summed E-state index contributed by atoms with van der Waals surface area (Å²) in [7, 11) is 0. The summed E-state index contributed by atoms with van der Waals surface area (Å²) in [4.78, 5) is 16.4. The van der Waals surface area contributed by atoms with Crippen LogP contribution in [0.5, 0.6) is 11.5 Å². The number of hydrogen-bond acceptors (Lipinski definition) is 5. The molecule has 1 amide bonds. The van der Waals surface area contributed by atoms with E-state index in [1.165, 1.54) is 35.5 Å². The summed E-state index contributed by atoms with van der Waals surface area (Å²) in [6, 6.07) is 5.65. The van der Waals surface area contributed by atoms with Crippen molar-refractivity contribution in [2.75, 3.05) is 12.1 Å². The molecular formula is C17H10ClF3N4O3. The van der Waals surface area contributed by atoms with Crippen molar-refractivity contribution in [1.29, 1.82) is 0 Å². The van der Waals surface area contributed by atoms with E-state index in [1.54, 1.807) is 0 Å². The third kappa shape index (κ3) is 3.33. The molecule has 144 valence electrons. The van der Waals surface area contributed by atoms with Gasteiger partial charge in [-0.1, -0.05) is 11.6 Å². The molecule has 4 rings (SSSR count). The van der Waals surface area contributed by atoms with Crippen molar-refractivity contribution >= 4 is 23.2 Å². The number of alkyl halides is 3. The predicted molar refractivity (Wildman–Crippen MR) is 91.9 cm³/mol. The van der Waals surface area contributed by atoms with Gasteiger partial charge in [0.05, 0.1) is 22.0 Å². The Morgan fingerprint density at radius 1 is 1.21 bits per heavy atom. The number of benzene rings is 2. The largest absolute Gasteiger partial charge is 0.454 e. The van der Waals surface area contributed by atoms with Crippen LogP contribution in [-0.4, -0.2) is 27.5 Å². The zero-order valence-electron chi connectivity index (χ0n) is 13.8. The van der Waals surface area contributed by atoms with Gasteiger partial charge in [0, 0.05) is 5.56 Å². The number of carbonyl (C=O) groups excluding carboxylic acids is 1. The van der Waals surface area contributed by atoms with Crippen molar-refractivity contribution in [3.63, 3.8) is 0 Å². The fourth-order valence-electron chi connectivity index (χ4n) is 2.64. The van der Waals surface area contributed by atoms with Crippen LogP contribution in [-0.2, 0) is 6.18 Å². The fraction of sp³-hybridized carbons (Fsp3) is 0.118. The Bertz CT molecular complexity index is 1050. The lowest BCUT2D eigenvalue weighted by molar-refractivity contribution is -0.137. The molecule has 0 saturated carbocycles.